The number of aromatic nitrogens is 1. The molecule has 0 aliphatic heterocycles. The molecule has 1 atom stereocenters. The molecule has 0 amide bonds. The Kier molecular flexibility index (Phi) is 9.69. The smallest absolute Gasteiger partial charge is 0.191 e. The predicted molar refractivity (Wildman–Crippen MR) is 118 cm³/mol. The lowest BCUT2D eigenvalue weighted by Gasteiger charge is -2.17. The number of nitrogens with one attached hydrogen (secondary N) is 2. The van der Waals surface area contributed by atoms with Crippen LogP contribution >= 0.6 is 24.0 Å². The number of hydrogen-bond donors (Lipinski definition) is 2. The van der Waals surface area contributed by atoms with Gasteiger partial charge in [0.25, 0.3) is 0 Å². The Morgan fingerprint density at radius 2 is 2.00 bits per heavy atom. The highest BCUT2D eigenvalue weighted by molar-refractivity contribution is 14.0. The van der Waals surface area contributed by atoms with Crippen LogP contribution in [0, 0.1) is 6.92 Å². The fraction of sp³-hybridized carbons (Fsp3) is 0.500. The van der Waals surface area contributed by atoms with Crippen molar-refractivity contribution in [2.24, 2.45) is 4.99 Å². The van der Waals surface area contributed by atoms with Crippen molar-refractivity contribution >= 4 is 29.9 Å². The van der Waals surface area contributed by atoms with Gasteiger partial charge in [0.15, 0.2) is 5.96 Å². The molecule has 2 N–H and O–H groups in total. The van der Waals surface area contributed by atoms with E-state index in [1.807, 2.05) is 0 Å². The van der Waals surface area contributed by atoms with Crippen LogP contribution in [0.4, 0.5) is 0 Å². The summed E-state index contributed by atoms with van der Waals surface area (Å²) in [6, 6.07) is 8.65. The third-order valence-electron chi connectivity index (χ3n) is 4.45. The van der Waals surface area contributed by atoms with E-state index in [0.717, 1.165) is 42.4 Å². The molecule has 0 radical (unpaired) electrons. The van der Waals surface area contributed by atoms with E-state index in [0.29, 0.717) is 12.5 Å². The number of hydrogen-bond acceptors (Lipinski definition) is 3. The maximum atomic E-state index is 5.42. The van der Waals surface area contributed by atoms with Crippen molar-refractivity contribution in [2.45, 2.75) is 53.0 Å². The van der Waals surface area contributed by atoms with Crippen LogP contribution in [0.1, 0.15) is 54.8 Å². The Balaban J connectivity index is 0.00000338. The van der Waals surface area contributed by atoms with Gasteiger partial charge in [-0.1, -0.05) is 55.8 Å². The molecule has 0 bridgehead atoms. The van der Waals surface area contributed by atoms with E-state index in [4.69, 9.17) is 4.52 Å². The molecule has 144 valence electrons. The molecule has 2 rings (SSSR count). The number of nitrogens with zero attached hydrogens (tertiary/aromatic N) is 2. The number of halogens is 1. The van der Waals surface area contributed by atoms with Gasteiger partial charge in [-0.3, -0.25) is 4.99 Å². The van der Waals surface area contributed by atoms with Crippen LogP contribution in [0.15, 0.2) is 33.8 Å². The standard InChI is InChI=1S/C20H30N4O.HI/c1-6-18-17(19(7-2)25-24-18)13-23-20(21-5)22-12-15(4)16-10-8-9-14(3)11-16;/h8-11,15H,6-7,12-13H2,1-5H3,(H2,21,22,23);1H. The molecule has 0 fully saturated rings. The summed E-state index contributed by atoms with van der Waals surface area (Å²) in [6.45, 7) is 10.0. The van der Waals surface area contributed by atoms with Crippen LogP contribution in [0.25, 0.3) is 0 Å². The Morgan fingerprint density at radius 1 is 1.23 bits per heavy atom. The Hall–Kier alpha value is -1.57. The first-order valence-electron chi connectivity index (χ1n) is 9.06. The summed E-state index contributed by atoms with van der Waals surface area (Å²) in [4.78, 5) is 4.33. The second kappa shape index (κ2) is 11.2. The molecule has 1 aromatic heterocycles. The summed E-state index contributed by atoms with van der Waals surface area (Å²) in [5.74, 6) is 2.16. The lowest BCUT2D eigenvalue weighted by atomic mass is 9.99. The van der Waals surface area contributed by atoms with Crippen molar-refractivity contribution in [1.82, 2.24) is 15.8 Å². The average Bonchev–Trinajstić information content (AvgIpc) is 3.03. The number of guanidine groups is 1. The Bertz CT molecular complexity index is 690. The topological polar surface area (TPSA) is 62.5 Å². The number of aryl methyl sites for hydroxylation is 3. The molecule has 2 aromatic rings. The van der Waals surface area contributed by atoms with E-state index in [-0.39, 0.29) is 24.0 Å². The van der Waals surface area contributed by atoms with Crippen molar-refractivity contribution in [3.8, 4) is 0 Å². The van der Waals surface area contributed by atoms with Gasteiger partial charge >= 0.3 is 0 Å². The third-order valence-corrected chi connectivity index (χ3v) is 4.45. The molecule has 6 heteroatoms. The maximum absolute atomic E-state index is 5.42. The first kappa shape index (κ1) is 22.5. The molecule has 0 aliphatic carbocycles. The van der Waals surface area contributed by atoms with Gasteiger partial charge < -0.3 is 15.2 Å². The Morgan fingerprint density at radius 3 is 2.62 bits per heavy atom. The number of rotatable bonds is 7. The van der Waals surface area contributed by atoms with Crippen LogP contribution < -0.4 is 10.6 Å². The summed E-state index contributed by atoms with van der Waals surface area (Å²) in [6.07, 6.45) is 1.72. The molecule has 1 aromatic carbocycles. The molecular formula is C20H31IN4O. The predicted octanol–water partition coefficient (Wildman–Crippen LogP) is 4.19. The minimum Gasteiger partial charge on any atom is -0.361 e. The SMILES string of the molecule is CCc1noc(CC)c1CNC(=NC)NCC(C)c1cccc(C)c1.I. The zero-order chi connectivity index (χ0) is 18.2. The molecule has 0 spiro atoms. The van der Waals surface area contributed by atoms with Crippen LogP contribution in [0.2, 0.25) is 0 Å². The van der Waals surface area contributed by atoms with Gasteiger partial charge in [-0.05, 0) is 24.8 Å². The van der Waals surface area contributed by atoms with Gasteiger partial charge in [-0.25, -0.2) is 0 Å². The lowest BCUT2D eigenvalue weighted by Crippen LogP contribution is -2.38. The van der Waals surface area contributed by atoms with E-state index < -0.39 is 0 Å². The fourth-order valence-electron chi connectivity index (χ4n) is 2.87. The minimum atomic E-state index is 0. The van der Waals surface area contributed by atoms with Crippen molar-refractivity contribution in [1.29, 1.82) is 0 Å². The van der Waals surface area contributed by atoms with E-state index in [2.05, 4.69) is 72.7 Å². The van der Waals surface area contributed by atoms with Gasteiger partial charge in [0.05, 0.1) is 5.69 Å². The summed E-state index contributed by atoms with van der Waals surface area (Å²) in [5, 5.41) is 10.9. The summed E-state index contributed by atoms with van der Waals surface area (Å²) in [7, 11) is 1.79. The van der Waals surface area contributed by atoms with Gasteiger partial charge in [0.1, 0.15) is 5.76 Å². The zero-order valence-corrected chi connectivity index (χ0v) is 18.8. The fourth-order valence-corrected chi connectivity index (χ4v) is 2.87. The van der Waals surface area contributed by atoms with E-state index >= 15 is 0 Å². The van der Waals surface area contributed by atoms with Crippen molar-refractivity contribution in [3.63, 3.8) is 0 Å². The molecule has 0 saturated heterocycles. The Labute approximate surface area is 174 Å². The maximum Gasteiger partial charge on any atom is 0.191 e. The quantitative estimate of drug-likeness (QED) is 0.362. The second-order valence-corrected chi connectivity index (χ2v) is 6.36. The molecule has 0 aliphatic rings. The average molecular weight is 470 g/mol. The summed E-state index contributed by atoms with van der Waals surface area (Å²) < 4.78 is 5.42. The second-order valence-electron chi connectivity index (χ2n) is 6.36. The highest BCUT2D eigenvalue weighted by atomic mass is 127. The van der Waals surface area contributed by atoms with E-state index in [1.54, 1.807) is 7.05 Å². The molecule has 5 nitrogen and oxygen atoms in total. The molecule has 1 heterocycles. The van der Waals surface area contributed by atoms with Crippen LogP contribution in [0.3, 0.4) is 0 Å². The normalized spacial score (nSPS) is 12.4. The lowest BCUT2D eigenvalue weighted by molar-refractivity contribution is 0.380. The molecule has 1 unspecified atom stereocenters. The van der Waals surface area contributed by atoms with Gasteiger partial charge in [0.2, 0.25) is 0 Å². The zero-order valence-electron chi connectivity index (χ0n) is 16.4. The number of benzene rings is 1. The molecule has 0 saturated carbocycles. The summed E-state index contributed by atoms with van der Waals surface area (Å²) >= 11 is 0. The van der Waals surface area contributed by atoms with Gasteiger partial charge in [-0.15, -0.1) is 24.0 Å². The highest BCUT2D eigenvalue weighted by Gasteiger charge is 2.14. The summed E-state index contributed by atoms with van der Waals surface area (Å²) in [5.41, 5.74) is 4.80. The first-order chi connectivity index (χ1) is 12.1. The van der Waals surface area contributed by atoms with Gasteiger partial charge in [0, 0.05) is 32.1 Å². The minimum absolute atomic E-state index is 0. The first-order valence-corrected chi connectivity index (χ1v) is 9.06. The number of aliphatic imine (C=N–C) groups is 1. The van der Waals surface area contributed by atoms with Crippen LogP contribution in [-0.2, 0) is 19.4 Å². The molecular weight excluding hydrogens is 439 g/mol. The largest absolute Gasteiger partial charge is 0.361 e. The van der Waals surface area contributed by atoms with Crippen molar-refractivity contribution in [2.75, 3.05) is 13.6 Å². The van der Waals surface area contributed by atoms with Crippen molar-refractivity contribution < 1.29 is 4.52 Å². The van der Waals surface area contributed by atoms with E-state index in [1.165, 1.54) is 11.1 Å². The van der Waals surface area contributed by atoms with E-state index in [9.17, 15) is 0 Å². The van der Waals surface area contributed by atoms with Crippen LogP contribution in [-0.4, -0.2) is 24.7 Å². The molecule has 26 heavy (non-hydrogen) atoms. The van der Waals surface area contributed by atoms with Gasteiger partial charge in [-0.2, -0.15) is 0 Å². The third kappa shape index (κ3) is 6.00. The van der Waals surface area contributed by atoms with Crippen molar-refractivity contribution in [3.05, 3.63) is 52.4 Å². The van der Waals surface area contributed by atoms with Crippen LogP contribution in [0.5, 0.6) is 0 Å². The monoisotopic (exact) mass is 470 g/mol. The highest BCUT2D eigenvalue weighted by Crippen LogP contribution is 2.16.